The third-order valence-corrected chi connectivity index (χ3v) is 2.24. The van der Waals surface area contributed by atoms with E-state index in [0.717, 1.165) is 5.56 Å². The van der Waals surface area contributed by atoms with E-state index >= 15 is 0 Å². The van der Waals surface area contributed by atoms with Crippen molar-refractivity contribution in [3.63, 3.8) is 0 Å². The molecule has 0 saturated heterocycles. The number of phenolic OH excluding ortho intramolecular Hbond substituents is 1. The Morgan fingerprint density at radius 2 is 2.27 bits per heavy atom. The van der Waals surface area contributed by atoms with Gasteiger partial charge in [-0.25, -0.2) is 0 Å². The zero-order chi connectivity index (χ0) is 11.4. The van der Waals surface area contributed by atoms with Crippen LogP contribution in [0.5, 0.6) is 5.75 Å². The van der Waals surface area contributed by atoms with E-state index < -0.39 is 6.04 Å². The van der Waals surface area contributed by atoms with Gasteiger partial charge >= 0.3 is 0 Å². The Kier molecular flexibility index (Phi) is 3.68. The second-order valence-corrected chi connectivity index (χ2v) is 3.50. The van der Waals surface area contributed by atoms with Crippen LogP contribution in [-0.4, -0.2) is 17.1 Å². The number of rotatable bonds is 3. The number of aromatic hydroxyl groups is 1. The lowest BCUT2D eigenvalue weighted by molar-refractivity contribution is -0.117. The molecule has 0 aliphatic carbocycles. The molecule has 4 nitrogen and oxygen atoms in total. The number of anilines is 1. The van der Waals surface area contributed by atoms with Gasteiger partial charge in [0.2, 0.25) is 5.91 Å². The number of phenols is 1. The quantitative estimate of drug-likeness (QED) is 0.657. The minimum absolute atomic E-state index is 0.185. The maximum absolute atomic E-state index is 11.5. The van der Waals surface area contributed by atoms with Crippen molar-refractivity contribution in [1.82, 2.24) is 0 Å². The van der Waals surface area contributed by atoms with Gasteiger partial charge in [0, 0.05) is 5.69 Å². The van der Waals surface area contributed by atoms with Crippen molar-refractivity contribution in [3.05, 3.63) is 23.8 Å². The predicted octanol–water partition coefficient (Wildman–Crippen LogP) is 1.38. The van der Waals surface area contributed by atoms with Crippen molar-refractivity contribution >= 4 is 11.6 Å². The summed E-state index contributed by atoms with van der Waals surface area (Å²) in [6, 6.07) is 4.29. The van der Waals surface area contributed by atoms with Gasteiger partial charge in [-0.3, -0.25) is 4.79 Å². The Morgan fingerprint density at radius 3 is 2.80 bits per heavy atom. The highest BCUT2D eigenvalue weighted by Gasteiger charge is 2.11. The molecule has 1 amide bonds. The second-order valence-electron chi connectivity index (χ2n) is 3.50. The summed E-state index contributed by atoms with van der Waals surface area (Å²) in [5, 5.41) is 11.9. The number of carbonyl (C=O) groups excluding carboxylic acids is 1. The molecule has 1 aromatic carbocycles. The van der Waals surface area contributed by atoms with Gasteiger partial charge in [-0.15, -0.1) is 0 Å². The smallest absolute Gasteiger partial charge is 0.241 e. The van der Waals surface area contributed by atoms with E-state index in [1.54, 1.807) is 12.1 Å². The van der Waals surface area contributed by atoms with Crippen LogP contribution >= 0.6 is 0 Å². The Balaban J connectivity index is 2.77. The maximum atomic E-state index is 11.5. The first-order chi connectivity index (χ1) is 7.04. The molecule has 0 saturated carbocycles. The van der Waals surface area contributed by atoms with Gasteiger partial charge < -0.3 is 16.2 Å². The Labute approximate surface area is 89.1 Å². The van der Waals surface area contributed by atoms with Crippen LogP contribution in [0, 0.1) is 6.92 Å². The maximum Gasteiger partial charge on any atom is 0.241 e. The van der Waals surface area contributed by atoms with E-state index in [1.807, 2.05) is 13.8 Å². The van der Waals surface area contributed by atoms with E-state index in [9.17, 15) is 9.90 Å². The molecule has 0 aromatic heterocycles. The van der Waals surface area contributed by atoms with Crippen molar-refractivity contribution in [2.24, 2.45) is 5.73 Å². The summed E-state index contributed by atoms with van der Waals surface area (Å²) in [5.41, 5.74) is 7.08. The van der Waals surface area contributed by atoms with Gasteiger partial charge in [0.25, 0.3) is 0 Å². The van der Waals surface area contributed by atoms with Crippen LogP contribution in [0.1, 0.15) is 18.9 Å². The number of benzene rings is 1. The van der Waals surface area contributed by atoms with Crippen LogP contribution < -0.4 is 11.1 Å². The Bertz CT molecular complexity index is 364. The van der Waals surface area contributed by atoms with Gasteiger partial charge in [-0.1, -0.05) is 6.92 Å². The first-order valence-electron chi connectivity index (χ1n) is 4.90. The molecule has 0 radical (unpaired) electrons. The van der Waals surface area contributed by atoms with Crippen LogP contribution in [0.3, 0.4) is 0 Å². The van der Waals surface area contributed by atoms with Crippen LogP contribution in [0.15, 0.2) is 18.2 Å². The predicted molar refractivity (Wildman–Crippen MR) is 59.7 cm³/mol. The number of nitrogens with two attached hydrogens (primary N) is 1. The first-order valence-corrected chi connectivity index (χ1v) is 4.90. The zero-order valence-corrected chi connectivity index (χ0v) is 8.95. The molecule has 0 heterocycles. The number of hydrogen-bond donors (Lipinski definition) is 3. The molecule has 4 heteroatoms. The number of amides is 1. The Hall–Kier alpha value is -1.55. The fourth-order valence-electron chi connectivity index (χ4n) is 1.20. The molecule has 0 bridgehead atoms. The molecular weight excluding hydrogens is 192 g/mol. The second kappa shape index (κ2) is 4.79. The summed E-state index contributed by atoms with van der Waals surface area (Å²) in [6.45, 7) is 3.67. The lowest BCUT2D eigenvalue weighted by Gasteiger charge is -2.12. The number of hydrogen-bond acceptors (Lipinski definition) is 3. The SMILES string of the molecule is CC[C@@H](N)C(=O)Nc1ccc(O)cc1C. The van der Waals surface area contributed by atoms with E-state index in [-0.39, 0.29) is 11.7 Å². The summed E-state index contributed by atoms with van der Waals surface area (Å²) in [7, 11) is 0. The average Bonchev–Trinajstić information content (AvgIpc) is 2.20. The van der Waals surface area contributed by atoms with Crippen LogP contribution in [0.4, 0.5) is 5.69 Å². The van der Waals surface area contributed by atoms with Crippen LogP contribution in [0.25, 0.3) is 0 Å². The topological polar surface area (TPSA) is 75.4 Å². The largest absolute Gasteiger partial charge is 0.508 e. The summed E-state index contributed by atoms with van der Waals surface area (Å²) < 4.78 is 0. The standard InChI is InChI=1S/C11H16N2O2/c1-3-9(12)11(15)13-10-5-4-8(14)6-7(10)2/h4-6,9,14H,3,12H2,1-2H3,(H,13,15)/t9-/m1/s1. The number of carbonyl (C=O) groups is 1. The van der Waals surface area contributed by atoms with Gasteiger partial charge in [-0.05, 0) is 37.1 Å². The van der Waals surface area contributed by atoms with Gasteiger partial charge in [-0.2, -0.15) is 0 Å². The van der Waals surface area contributed by atoms with Crippen LogP contribution in [-0.2, 0) is 4.79 Å². The normalized spacial score (nSPS) is 12.2. The van der Waals surface area contributed by atoms with E-state index in [4.69, 9.17) is 5.73 Å². The summed E-state index contributed by atoms with van der Waals surface area (Å²) >= 11 is 0. The molecule has 1 atom stereocenters. The number of nitrogens with one attached hydrogen (secondary N) is 1. The molecule has 4 N–H and O–H groups in total. The Morgan fingerprint density at radius 1 is 1.60 bits per heavy atom. The lowest BCUT2D eigenvalue weighted by atomic mass is 10.1. The number of aryl methyl sites for hydroxylation is 1. The summed E-state index contributed by atoms with van der Waals surface area (Å²) in [6.07, 6.45) is 0.600. The molecule has 82 valence electrons. The zero-order valence-electron chi connectivity index (χ0n) is 8.95. The van der Waals surface area contributed by atoms with Crippen LogP contribution in [0.2, 0.25) is 0 Å². The fourth-order valence-corrected chi connectivity index (χ4v) is 1.20. The first kappa shape index (κ1) is 11.5. The van der Waals surface area contributed by atoms with Crippen molar-refractivity contribution < 1.29 is 9.90 Å². The highest BCUT2D eigenvalue weighted by Crippen LogP contribution is 2.20. The highest BCUT2D eigenvalue weighted by molar-refractivity contribution is 5.95. The molecule has 1 rings (SSSR count). The van der Waals surface area contributed by atoms with E-state index in [1.165, 1.54) is 6.07 Å². The van der Waals surface area contributed by atoms with Gasteiger partial charge in [0.1, 0.15) is 5.75 Å². The molecular formula is C11H16N2O2. The monoisotopic (exact) mass is 208 g/mol. The van der Waals surface area contributed by atoms with Crippen molar-refractivity contribution in [2.45, 2.75) is 26.3 Å². The fraction of sp³-hybridized carbons (Fsp3) is 0.364. The average molecular weight is 208 g/mol. The third kappa shape index (κ3) is 2.95. The highest BCUT2D eigenvalue weighted by atomic mass is 16.3. The molecule has 1 aromatic rings. The van der Waals surface area contributed by atoms with E-state index in [2.05, 4.69) is 5.32 Å². The van der Waals surface area contributed by atoms with Crippen molar-refractivity contribution in [1.29, 1.82) is 0 Å². The van der Waals surface area contributed by atoms with Crippen molar-refractivity contribution in [2.75, 3.05) is 5.32 Å². The molecule has 0 aliphatic heterocycles. The van der Waals surface area contributed by atoms with E-state index in [0.29, 0.717) is 12.1 Å². The third-order valence-electron chi connectivity index (χ3n) is 2.24. The van der Waals surface area contributed by atoms with Gasteiger partial charge in [0.15, 0.2) is 0 Å². The molecule has 0 unspecified atom stereocenters. The molecule has 15 heavy (non-hydrogen) atoms. The molecule has 0 fully saturated rings. The molecule has 0 aliphatic rings. The summed E-state index contributed by atoms with van der Waals surface area (Å²) in [5.74, 6) is -0.0171. The van der Waals surface area contributed by atoms with Crippen molar-refractivity contribution in [3.8, 4) is 5.75 Å². The minimum Gasteiger partial charge on any atom is -0.508 e. The lowest BCUT2D eigenvalue weighted by Crippen LogP contribution is -2.34. The molecule has 0 spiro atoms. The minimum atomic E-state index is -0.488. The summed E-state index contributed by atoms with van der Waals surface area (Å²) in [4.78, 5) is 11.5. The van der Waals surface area contributed by atoms with Gasteiger partial charge in [0.05, 0.1) is 6.04 Å².